The minimum Gasteiger partial charge on any atom is -0.395 e. The summed E-state index contributed by atoms with van der Waals surface area (Å²) in [7, 11) is 0. The lowest BCUT2D eigenvalue weighted by atomic mass is 10.1. The minimum absolute atomic E-state index is 0.0353. The molecule has 0 aromatic carbocycles. The van der Waals surface area contributed by atoms with E-state index in [4.69, 9.17) is 10.8 Å². The van der Waals surface area contributed by atoms with Crippen molar-refractivity contribution in [2.75, 3.05) is 24.2 Å². The van der Waals surface area contributed by atoms with Crippen molar-refractivity contribution in [1.29, 1.82) is 0 Å². The number of anilines is 2. The van der Waals surface area contributed by atoms with Gasteiger partial charge in [-0.05, 0) is 19.1 Å². The summed E-state index contributed by atoms with van der Waals surface area (Å²) in [6.07, 6.45) is 1.73. The molecule has 0 aliphatic heterocycles. The van der Waals surface area contributed by atoms with E-state index >= 15 is 0 Å². The minimum atomic E-state index is 0.0353. The van der Waals surface area contributed by atoms with Crippen LogP contribution < -0.4 is 11.1 Å². The van der Waals surface area contributed by atoms with E-state index in [2.05, 4.69) is 20.3 Å². The molecule has 0 aliphatic rings. The molecule has 2 aromatic heterocycles. The summed E-state index contributed by atoms with van der Waals surface area (Å²) in [5.74, 6) is 0.795. The van der Waals surface area contributed by atoms with Crippen LogP contribution in [0.25, 0.3) is 11.3 Å². The Bertz CT molecular complexity index is 544. The number of hydrogen-bond acceptors (Lipinski definition) is 6. The van der Waals surface area contributed by atoms with Gasteiger partial charge in [0, 0.05) is 30.1 Å². The number of aryl methyl sites for hydroxylation is 1. The first-order valence-corrected chi connectivity index (χ1v) is 5.61. The Balaban J connectivity index is 2.35. The summed E-state index contributed by atoms with van der Waals surface area (Å²) in [5, 5.41) is 11.7. The van der Waals surface area contributed by atoms with Crippen LogP contribution in [-0.4, -0.2) is 33.2 Å². The molecule has 2 heterocycles. The van der Waals surface area contributed by atoms with Crippen LogP contribution in [0.5, 0.6) is 0 Å². The number of nitrogens with two attached hydrogens (primary N) is 1. The van der Waals surface area contributed by atoms with Crippen molar-refractivity contribution in [3.63, 3.8) is 0 Å². The first-order valence-electron chi connectivity index (χ1n) is 5.61. The number of aliphatic hydroxyl groups is 1. The maximum Gasteiger partial charge on any atom is 0.222 e. The zero-order chi connectivity index (χ0) is 13.0. The first kappa shape index (κ1) is 12.3. The average molecular weight is 245 g/mol. The molecular formula is C12H15N5O. The van der Waals surface area contributed by atoms with E-state index in [0.29, 0.717) is 12.4 Å². The van der Waals surface area contributed by atoms with E-state index in [1.165, 1.54) is 0 Å². The molecule has 0 unspecified atom stereocenters. The number of nitrogen functional groups attached to an aromatic ring is 1. The van der Waals surface area contributed by atoms with Crippen LogP contribution in [0, 0.1) is 6.92 Å². The fraction of sp³-hybridized carbons (Fsp3) is 0.250. The Morgan fingerprint density at radius 1 is 1.33 bits per heavy atom. The van der Waals surface area contributed by atoms with Crippen LogP contribution in [0.15, 0.2) is 24.4 Å². The van der Waals surface area contributed by atoms with Crippen molar-refractivity contribution in [2.24, 2.45) is 0 Å². The van der Waals surface area contributed by atoms with Gasteiger partial charge < -0.3 is 16.2 Å². The van der Waals surface area contributed by atoms with Gasteiger partial charge in [-0.15, -0.1) is 0 Å². The number of aromatic nitrogens is 3. The molecule has 0 spiro atoms. The number of nitrogens with zero attached hydrogens (tertiary/aromatic N) is 3. The van der Waals surface area contributed by atoms with Gasteiger partial charge in [-0.2, -0.15) is 4.98 Å². The molecule has 0 aliphatic carbocycles. The van der Waals surface area contributed by atoms with E-state index in [9.17, 15) is 0 Å². The normalized spacial score (nSPS) is 10.3. The Hall–Kier alpha value is -2.21. The molecule has 6 nitrogen and oxygen atoms in total. The van der Waals surface area contributed by atoms with Gasteiger partial charge in [-0.25, -0.2) is 4.98 Å². The number of aliphatic hydroxyl groups excluding tert-OH is 1. The summed E-state index contributed by atoms with van der Waals surface area (Å²) in [5.41, 5.74) is 8.24. The van der Waals surface area contributed by atoms with Gasteiger partial charge in [0.2, 0.25) is 5.95 Å². The largest absolute Gasteiger partial charge is 0.395 e. The van der Waals surface area contributed by atoms with Crippen molar-refractivity contribution in [1.82, 2.24) is 15.0 Å². The van der Waals surface area contributed by atoms with Gasteiger partial charge in [-0.1, -0.05) is 0 Å². The first-order chi connectivity index (χ1) is 8.69. The van der Waals surface area contributed by atoms with Gasteiger partial charge in [0.25, 0.3) is 0 Å². The Morgan fingerprint density at radius 2 is 2.17 bits per heavy atom. The van der Waals surface area contributed by atoms with Crippen LogP contribution in [0.3, 0.4) is 0 Å². The molecule has 0 saturated heterocycles. The molecule has 0 fully saturated rings. The average Bonchev–Trinajstić information content (AvgIpc) is 2.36. The fourth-order valence-electron chi connectivity index (χ4n) is 1.59. The Kier molecular flexibility index (Phi) is 3.69. The van der Waals surface area contributed by atoms with Crippen LogP contribution in [-0.2, 0) is 0 Å². The van der Waals surface area contributed by atoms with E-state index in [1.54, 1.807) is 12.3 Å². The smallest absolute Gasteiger partial charge is 0.222 e. The van der Waals surface area contributed by atoms with Gasteiger partial charge >= 0.3 is 0 Å². The second-order valence-electron chi connectivity index (χ2n) is 3.83. The Labute approximate surface area is 105 Å². The third-order valence-electron chi connectivity index (χ3n) is 2.35. The lowest BCUT2D eigenvalue weighted by Crippen LogP contribution is -2.09. The predicted octanol–water partition coefficient (Wildman–Crippen LogP) is 0.833. The topological polar surface area (TPSA) is 97.0 Å². The highest BCUT2D eigenvalue weighted by Crippen LogP contribution is 2.20. The molecule has 0 atom stereocenters. The maximum atomic E-state index is 8.77. The van der Waals surface area contributed by atoms with Crippen LogP contribution in [0.1, 0.15) is 5.69 Å². The van der Waals surface area contributed by atoms with Crippen molar-refractivity contribution in [2.45, 2.75) is 6.92 Å². The second kappa shape index (κ2) is 5.42. The fourth-order valence-corrected chi connectivity index (χ4v) is 1.59. The lowest BCUT2D eigenvalue weighted by Gasteiger charge is -2.07. The van der Waals surface area contributed by atoms with Crippen LogP contribution in [0.2, 0.25) is 0 Å². The second-order valence-corrected chi connectivity index (χ2v) is 3.83. The molecule has 0 amide bonds. The monoisotopic (exact) mass is 245 g/mol. The number of hydrogen-bond donors (Lipinski definition) is 3. The van der Waals surface area contributed by atoms with Crippen molar-refractivity contribution < 1.29 is 5.11 Å². The van der Waals surface area contributed by atoms with Crippen molar-refractivity contribution >= 4 is 11.8 Å². The summed E-state index contributed by atoms with van der Waals surface area (Å²) >= 11 is 0. The quantitative estimate of drug-likeness (QED) is 0.738. The third-order valence-corrected chi connectivity index (χ3v) is 2.35. The highest BCUT2D eigenvalue weighted by atomic mass is 16.3. The van der Waals surface area contributed by atoms with Gasteiger partial charge in [-0.3, -0.25) is 4.98 Å². The molecule has 6 heteroatoms. The molecule has 94 valence electrons. The van der Waals surface area contributed by atoms with E-state index < -0.39 is 0 Å². The van der Waals surface area contributed by atoms with Crippen molar-refractivity contribution in [3.05, 3.63) is 30.1 Å². The van der Waals surface area contributed by atoms with Gasteiger partial charge in [0.05, 0.1) is 12.3 Å². The SMILES string of the molecule is Cc1cc(-c2cc(NCCO)nc(N)n2)ccn1. The predicted molar refractivity (Wildman–Crippen MR) is 70.0 cm³/mol. The summed E-state index contributed by atoms with van der Waals surface area (Å²) in [6, 6.07) is 5.59. The zero-order valence-electron chi connectivity index (χ0n) is 10.1. The molecule has 0 radical (unpaired) electrons. The van der Waals surface area contributed by atoms with Crippen molar-refractivity contribution in [3.8, 4) is 11.3 Å². The van der Waals surface area contributed by atoms with Crippen LogP contribution in [0.4, 0.5) is 11.8 Å². The lowest BCUT2D eigenvalue weighted by molar-refractivity contribution is 0.311. The van der Waals surface area contributed by atoms with E-state index in [0.717, 1.165) is 17.0 Å². The van der Waals surface area contributed by atoms with E-state index in [-0.39, 0.29) is 12.6 Å². The highest BCUT2D eigenvalue weighted by Gasteiger charge is 2.05. The number of rotatable bonds is 4. The molecular weight excluding hydrogens is 230 g/mol. The summed E-state index contributed by atoms with van der Waals surface area (Å²) in [6.45, 7) is 2.37. The Morgan fingerprint density at radius 3 is 2.89 bits per heavy atom. The number of nitrogens with one attached hydrogen (secondary N) is 1. The third kappa shape index (κ3) is 2.92. The van der Waals surface area contributed by atoms with E-state index in [1.807, 2.05) is 19.1 Å². The summed E-state index contributed by atoms with van der Waals surface area (Å²) in [4.78, 5) is 12.4. The molecule has 0 saturated carbocycles. The number of pyridine rings is 1. The molecule has 4 N–H and O–H groups in total. The van der Waals surface area contributed by atoms with Crippen LogP contribution >= 0.6 is 0 Å². The maximum absolute atomic E-state index is 8.77. The standard InChI is InChI=1S/C12H15N5O/c1-8-6-9(2-3-14-8)10-7-11(15-4-5-18)17-12(13)16-10/h2-3,6-7,18H,4-5H2,1H3,(H3,13,15,16,17). The molecule has 2 aromatic rings. The molecule has 0 bridgehead atoms. The highest BCUT2D eigenvalue weighted by molar-refractivity contribution is 5.64. The summed E-state index contributed by atoms with van der Waals surface area (Å²) < 4.78 is 0. The molecule has 2 rings (SSSR count). The zero-order valence-corrected chi connectivity index (χ0v) is 10.1. The van der Waals surface area contributed by atoms with Gasteiger partial charge in [0.15, 0.2) is 0 Å². The van der Waals surface area contributed by atoms with Gasteiger partial charge in [0.1, 0.15) is 5.82 Å². The molecule has 18 heavy (non-hydrogen) atoms.